The molecule has 130 valence electrons. The number of rotatable bonds is 4. The largest absolute Gasteiger partial charge is 0.479 e. The lowest BCUT2D eigenvalue weighted by molar-refractivity contribution is -0.126. The first-order chi connectivity index (χ1) is 12.2. The molecule has 0 bridgehead atoms. The van der Waals surface area contributed by atoms with Crippen LogP contribution < -0.4 is 10.1 Å². The lowest BCUT2D eigenvalue weighted by Gasteiger charge is -2.28. The van der Waals surface area contributed by atoms with Crippen molar-refractivity contribution in [3.8, 4) is 17.6 Å². The fourth-order valence-electron chi connectivity index (χ4n) is 3.08. The average Bonchev–Trinajstić information content (AvgIpc) is 2.64. The summed E-state index contributed by atoms with van der Waals surface area (Å²) in [5.74, 6) is 6.79. The van der Waals surface area contributed by atoms with E-state index in [4.69, 9.17) is 4.74 Å². The van der Waals surface area contributed by atoms with Crippen LogP contribution in [0.3, 0.4) is 0 Å². The van der Waals surface area contributed by atoms with Crippen LogP contribution in [0.1, 0.15) is 12.8 Å². The van der Waals surface area contributed by atoms with E-state index in [1.165, 1.54) is 0 Å². The minimum atomic E-state index is 0.0820. The van der Waals surface area contributed by atoms with Crippen molar-refractivity contribution in [1.29, 1.82) is 0 Å². The molecule has 3 rings (SSSR count). The molecule has 0 radical (unpaired) electrons. The van der Waals surface area contributed by atoms with E-state index in [0.29, 0.717) is 6.54 Å². The number of aromatic nitrogens is 1. The number of para-hydroxylation sites is 1. The molecule has 1 fully saturated rings. The van der Waals surface area contributed by atoms with Crippen LogP contribution in [0.5, 0.6) is 5.75 Å². The number of benzene rings is 1. The third-order valence-electron chi connectivity index (χ3n) is 4.37. The number of hydrogen-bond donors (Lipinski definition) is 1. The second-order valence-corrected chi connectivity index (χ2v) is 6.29. The number of pyridine rings is 1. The minimum absolute atomic E-state index is 0.0820. The molecule has 1 amide bonds. The van der Waals surface area contributed by atoms with Crippen LogP contribution in [0.2, 0.25) is 0 Å². The highest BCUT2D eigenvalue weighted by atomic mass is 16.5. The number of piperidine rings is 1. The summed E-state index contributed by atoms with van der Waals surface area (Å²) in [5, 5.41) is 3.93. The predicted molar refractivity (Wildman–Crippen MR) is 98.2 cm³/mol. The summed E-state index contributed by atoms with van der Waals surface area (Å²) in [7, 11) is 2.05. The van der Waals surface area contributed by atoms with Gasteiger partial charge in [-0.2, -0.15) is 0 Å². The zero-order valence-corrected chi connectivity index (χ0v) is 14.5. The van der Waals surface area contributed by atoms with Crippen molar-refractivity contribution in [2.45, 2.75) is 12.8 Å². The summed E-state index contributed by atoms with van der Waals surface area (Å²) >= 11 is 0. The maximum atomic E-state index is 12.1. The van der Waals surface area contributed by atoms with E-state index < -0.39 is 0 Å². The molecule has 1 N–H and O–H groups in total. The van der Waals surface area contributed by atoms with E-state index >= 15 is 0 Å². The Hall–Kier alpha value is -2.58. The number of carbonyl (C=O) groups is 1. The zero-order valence-electron chi connectivity index (χ0n) is 14.5. The highest BCUT2D eigenvalue weighted by Gasteiger charge is 2.23. The van der Waals surface area contributed by atoms with Crippen LogP contribution >= 0.6 is 0 Å². The first-order valence-corrected chi connectivity index (χ1v) is 8.62. The molecule has 5 heteroatoms. The Morgan fingerprint density at radius 3 is 3.12 bits per heavy atom. The quantitative estimate of drug-likeness (QED) is 0.868. The first-order valence-electron chi connectivity index (χ1n) is 8.62. The fraction of sp³-hybridized carbons (Fsp3) is 0.400. The summed E-state index contributed by atoms with van der Waals surface area (Å²) in [6.07, 6.45) is 3.78. The molecule has 1 saturated heterocycles. The molecule has 0 spiro atoms. The molecule has 1 aliphatic rings. The topological polar surface area (TPSA) is 54.5 Å². The van der Waals surface area contributed by atoms with Gasteiger partial charge in [0.15, 0.2) is 0 Å². The number of hydrogen-bond acceptors (Lipinski definition) is 4. The van der Waals surface area contributed by atoms with E-state index in [2.05, 4.69) is 34.1 Å². The van der Waals surface area contributed by atoms with Crippen LogP contribution in [0.15, 0.2) is 36.5 Å². The number of carbonyl (C=O) groups excluding carboxylic acids is 1. The Bertz CT molecular complexity index is 789. The van der Waals surface area contributed by atoms with Crippen LogP contribution in [-0.2, 0) is 4.79 Å². The van der Waals surface area contributed by atoms with Gasteiger partial charge in [0.05, 0.1) is 12.5 Å². The van der Waals surface area contributed by atoms with E-state index in [0.717, 1.165) is 42.6 Å². The second kappa shape index (κ2) is 8.50. The number of nitrogens with zero attached hydrogens (tertiary/aromatic N) is 2. The van der Waals surface area contributed by atoms with Crippen molar-refractivity contribution in [1.82, 2.24) is 15.2 Å². The van der Waals surface area contributed by atoms with Crippen molar-refractivity contribution in [3.05, 3.63) is 36.5 Å². The number of ether oxygens (including phenoxy) is 1. The van der Waals surface area contributed by atoms with Crippen molar-refractivity contribution >= 4 is 16.8 Å². The maximum Gasteiger partial charge on any atom is 0.225 e. The minimum Gasteiger partial charge on any atom is -0.479 e. The Kier molecular flexibility index (Phi) is 5.86. The summed E-state index contributed by atoms with van der Waals surface area (Å²) in [6, 6.07) is 9.73. The lowest BCUT2D eigenvalue weighted by Crippen LogP contribution is -2.41. The van der Waals surface area contributed by atoms with Gasteiger partial charge in [0.25, 0.3) is 0 Å². The van der Waals surface area contributed by atoms with E-state index in [-0.39, 0.29) is 18.4 Å². The van der Waals surface area contributed by atoms with E-state index in [1.807, 2.05) is 30.3 Å². The van der Waals surface area contributed by atoms with Gasteiger partial charge >= 0.3 is 0 Å². The number of likely N-dealkylation sites (tertiary alicyclic amines) is 1. The van der Waals surface area contributed by atoms with E-state index in [9.17, 15) is 4.79 Å². The lowest BCUT2D eigenvalue weighted by atomic mass is 9.98. The van der Waals surface area contributed by atoms with Crippen molar-refractivity contribution < 1.29 is 9.53 Å². The normalized spacial score (nSPS) is 17.6. The van der Waals surface area contributed by atoms with Crippen LogP contribution in [0.4, 0.5) is 0 Å². The number of amides is 1. The Morgan fingerprint density at radius 2 is 2.24 bits per heavy atom. The molecular weight excluding hydrogens is 314 g/mol. The highest BCUT2D eigenvalue weighted by Crippen LogP contribution is 2.22. The van der Waals surface area contributed by atoms with Crippen LogP contribution in [-0.4, -0.2) is 49.1 Å². The average molecular weight is 337 g/mol. The molecule has 25 heavy (non-hydrogen) atoms. The molecule has 1 aromatic carbocycles. The maximum absolute atomic E-state index is 12.1. The van der Waals surface area contributed by atoms with Gasteiger partial charge in [-0.1, -0.05) is 30.0 Å². The van der Waals surface area contributed by atoms with Gasteiger partial charge in [-0.3, -0.25) is 9.78 Å². The van der Waals surface area contributed by atoms with Crippen LogP contribution in [0.25, 0.3) is 10.9 Å². The summed E-state index contributed by atoms with van der Waals surface area (Å²) in [5.41, 5.74) is 0.835. The van der Waals surface area contributed by atoms with Gasteiger partial charge in [0.1, 0.15) is 17.9 Å². The number of fused-ring (bicyclic) bond motifs is 1. The second-order valence-electron chi connectivity index (χ2n) is 6.29. The monoisotopic (exact) mass is 337 g/mol. The highest BCUT2D eigenvalue weighted by molar-refractivity contribution is 5.84. The Labute approximate surface area is 148 Å². The summed E-state index contributed by atoms with van der Waals surface area (Å²) < 4.78 is 5.70. The molecule has 2 heterocycles. The van der Waals surface area contributed by atoms with Gasteiger partial charge in [-0.15, -0.1) is 0 Å². The standard InChI is InChI=1S/C20H23N3O2/c1-23-13-6-9-17(15-23)20(24)22-11-2-3-14-25-18-10-4-7-16-8-5-12-21-19(16)18/h4-5,7-8,10,12,17H,6,9,11,13-15H2,1H3,(H,22,24). The van der Waals surface area contributed by atoms with E-state index in [1.54, 1.807) is 6.20 Å². The molecule has 1 atom stereocenters. The SMILES string of the molecule is CN1CCCC(C(=O)NCC#CCOc2cccc3cccnc23)C1. The Morgan fingerprint density at radius 1 is 1.36 bits per heavy atom. The molecule has 1 unspecified atom stereocenters. The van der Waals surface area contributed by atoms with Gasteiger partial charge in [-0.05, 0) is 38.6 Å². The summed E-state index contributed by atoms with van der Waals surface area (Å²) in [4.78, 5) is 18.6. The number of nitrogens with one attached hydrogen (secondary N) is 1. The third kappa shape index (κ3) is 4.71. The summed E-state index contributed by atoms with van der Waals surface area (Å²) in [6.45, 7) is 2.54. The smallest absolute Gasteiger partial charge is 0.225 e. The van der Waals surface area contributed by atoms with Gasteiger partial charge < -0.3 is 15.0 Å². The molecule has 5 nitrogen and oxygen atoms in total. The first kappa shape index (κ1) is 17.2. The predicted octanol–water partition coefficient (Wildman–Crippen LogP) is 2.07. The molecule has 2 aromatic rings. The molecule has 1 aromatic heterocycles. The van der Waals surface area contributed by atoms with Gasteiger partial charge in [0.2, 0.25) is 5.91 Å². The van der Waals surface area contributed by atoms with Gasteiger partial charge in [-0.25, -0.2) is 0 Å². The molecular formula is C20H23N3O2. The fourth-order valence-corrected chi connectivity index (χ4v) is 3.08. The molecule has 0 aliphatic carbocycles. The molecule has 1 aliphatic heterocycles. The van der Waals surface area contributed by atoms with Gasteiger partial charge in [0, 0.05) is 18.1 Å². The Balaban J connectivity index is 1.44. The van der Waals surface area contributed by atoms with Crippen LogP contribution in [0, 0.1) is 17.8 Å². The van der Waals surface area contributed by atoms with Crippen molar-refractivity contribution in [3.63, 3.8) is 0 Å². The molecule has 0 saturated carbocycles. The third-order valence-corrected chi connectivity index (χ3v) is 4.37. The van der Waals surface area contributed by atoms with Crippen molar-refractivity contribution in [2.24, 2.45) is 5.92 Å². The zero-order chi connectivity index (χ0) is 17.5. The van der Waals surface area contributed by atoms with Crippen molar-refractivity contribution in [2.75, 3.05) is 33.3 Å².